The standard InChI is InChI=1S/C21H17ClN2O4/c1-13-17(20(26)24(8-3-9-25)21(27)18(13)12-23)11-16-6-7-19(28-16)14-4-2-5-15(22)10-14/h2,4-7,10-11,25H,3,8-9H2,1H3. The second-order valence-corrected chi connectivity index (χ2v) is 6.66. The molecule has 0 atom stereocenters. The molecule has 0 bridgehead atoms. The van der Waals surface area contributed by atoms with Crippen LogP contribution in [0.4, 0.5) is 0 Å². The van der Waals surface area contributed by atoms with Crippen LogP contribution in [0.2, 0.25) is 5.02 Å². The number of benzene rings is 1. The van der Waals surface area contributed by atoms with Gasteiger partial charge < -0.3 is 9.52 Å². The molecule has 0 fully saturated rings. The van der Waals surface area contributed by atoms with E-state index in [9.17, 15) is 14.9 Å². The molecule has 2 amide bonds. The van der Waals surface area contributed by atoms with Gasteiger partial charge in [-0.15, -0.1) is 0 Å². The van der Waals surface area contributed by atoms with Gasteiger partial charge in [0.1, 0.15) is 23.2 Å². The summed E-state index contributed by atoms with van der Waals surface area (Å²) in [5.41, 5.74) is 1.21. The van der Waals surface area contributed by atoms with Crippen LogP contribution in [-0.4, -0.2) is 35.0 Å². The van der Waals surface area contributed by atoms with E-state index in [1.807, 2.05) is 12.1 Å². The maximum Gasteiger partial charge on any atom is 0.271 e. The molecule has 0 saturated carbocycles. The number of nitriles is 1. The van der Waals surface area contributed by atoms with E-state index in [1.165, 1.54) is 6.08 Å². The molecule has 0 aliphatic carbocycles. The van der Waals surface area contributed by atoms with Gasteiger partial charge in [0.25, 0.3) is 11.8 Å². The van der Waals surface area contributed by atoms with E-state index >= 15 is 0 Å². The summed E-state index contributed by atoms with van der Waals surface area (Å²) in [7, 11) is 0. The highest BCUT2D eigenvalue weighted by molar-refractivity contribution is 6.30. The lowest BCUT2D eigenvalue weighted by Crippen LogP contribution is -2.43. The van der Waals surface area contributed by atoms with Crippen LogP contribution in [-0.2, 0) is 9.59 Å². The van der Waals surface area contributed by atoms with Gasteiger partial charge in [-0.25, -0.2) is 0 Å². The molecule has 142 valence electrons. The number of hydrogen-bond acceptors (Lipinski definition) is 5. The third-order valence-electron chi connectivity index (χ3n) is 4.39. The second kappa shape index (κ2) is 8.26. The Morgan fingerprint density at radius 1 is 1.25 bits per heavy atom. The molecule has 1 aromatic heterocycles. The van der Waals surface area contributed by atoms with Crippen LogP contribution >= 0.6 is 11.6 Å². The molecule has 1 N–H and O–H groups in total. The van der Waals surface area contributed by atoms with Gasteiger partial charge in [0.05, 0.1) is 0 Å². The van der Waals surface area contributed by atoms with Crippen LogP contribution < -0.4 is 0 Å². The Kier molecular flexibility index (Phi) is 5.78. The monoisotopic (exact) mass is 396 g/mol. The molecule has 28 heavy (non-hydrogen) atoms. The Labute approximate surface area is 166 Å². The quantitative estimate of drug-likeness (QED) is 0.615. The highest BCUT2D eigenvalue weighted by atomic mass is 35.5. The van der Waals surface area contributed by atoms with E-state index in [4.69, 9.17) is 21.1 Å². The van der Waals surface area contributed by atoms with Crippen molar-refractivity contribution in [1.82, 2.24) is 4.90 Å². The van der Waals surface area contributed by atoms with Crippen molar-refractivity contribution in [2.75, 3.05) is 13.2 Å². The molecular formula is C21H17ClN2O4. The van der Waals surface area contributed by atoms with Gasteiger partial charge >= 0.3 is 0 Å². The van der Waals surface area contributed by atoms with E-state index in [0.717, 1.165) is 10.5 Å². The van der Waals surface area contributed by atoms with Crippen LogP contribution in [0, 0.1) is 11.3 Å². The van der Waals surface area contributed by atoms with Crippen molar-refractivity contribution in [3.63, 3.8) is 0 Å². The normalized spacial score (nSPS) is 16.1. The lowest BCUT2D eigenvalue weighted by atomic mass is 9.94. The first kappa shape index (κ1) is 19.6. The summed E-state index contributed by atoms with van der Waals surface area (Å²) in [6, 6.07) is 12.5. The largest absolute Gasteiger partial charge is 0.457 e. The molecule has 1 aliphatic rings. The van der Waals surface area contributed by atoms with Gasteiger partial charge in [-0.2, -0.15) is 5.26 Å². The number of nitrogens with zero attached hydrogens (tertiary/aromatic N) is 2. The molecular weight excluding hydrogens is 380 g/mol. The number of amides is 2. The summed E-state index contributed by atoms with van der Waals surface area (Å²) in [4.78, 5) is 26.2. The zero-order valence-corrected chi connectivity index (χ0v) is 15.9. The summed E-state index contributed by atoms with van der Waals surface area (Å²) in [6.07, 6.45) is 1.75. The minimum atomic E-state index is -0.644. The van der Waals surface area contributed by atoms with Gasteiger partial charge in [0.15, 0.2) is 0 Å². The van der Waals surface area contributed by atoms with Crippen LogP contribution in [0.1, 0.15) is 19.1 Å². The molecule has 2 heterocycles. The predicted molar refractivity (Wildman–Crippen MR) is 104 cm³/mol. The summed E-state index contributed by atoms with van der Waals surface area (Å²) in [5.74, 6) is -0.176. The lowest BCUT2D eigenvalue weighted by molar-refractivity contribution is -0.140. The van der Waals surface area contributed by atoms with Crippen molar-refractivity contribution in [2.45, 2.75) is 13.3 Å². The van der Waals surface area contributed by atoms with Crippen molar-refractivity contribution < 1.29 is 19.1 Å². The van der Waals surface area contributed by atoms with Gasteiger partial charge in [0, 0.05) is 29.3 Å². The van der Waals surface area contributed by atoms with Crippen molar-refractivity contribution in [3.8, 4) is 17.4 Å². The fourth-order valence-corrected chi connectivity index (χ4v) is 3.12. The highest BCUT2D eigenvalue weighted by Crippen LogP contribution is 2.30. The minimum absolute atomic E-state index is 0.0376. The SMILES string of the molecule is CC1=C(C#N)C(=O)N(CCCO)C(=O)C1=Cc1ccc(-c2cccc(Cl)c2)o1. The Bertz CT molecular complexity index is 1040. The highest BCUT2D eigenvalue weighted by Gasteiger charge is 2.35. The number of furan rings is 1. The number of halogens is 1. The van der Waals surface area contributed by atoms with Crippen molar-refractivity contribution >= 4 is 29.5 Å². The first-order valence-electron chi connectivity index (χ1n) is 8.62. The van der Waals surface area contributed by atoms with E-state index in [2.05, 4.69) is 0 Å². The number of hydrogen-bond donors (Lipinski definition) is 1. The number of rotatable bonds is 5. The topological polar surface area (TPSA) is 94.5 Å². The Morgan fingerprint density at radius 2 is 2.04 bits per heavy atom. The fraction of sp³-hybridized carbons (Fsp3) is 0.190. The zero-order chi connectivity index (χ0) is 20.3. The molecule has 6 nitrogen and oxygen atoms in total. The number of carbonyl (C=O) groups excluding carboxylic acids is 2. The fourth-order valence-electron chi connectivity index (χ4n) is 2.93. The van der Waals surface area contributed by atoms with E-state index < -0.39 is 11.8 Å². The lowest BCUT2D eigenvalue weighted by Gasteiger charge is -2.27. The van der Waals surface area contributed by atoms with Crippen LogP contribution in [0.15, 0.2) is 57.5 Å². The molecule has 0 radical (unpaired) electrons. The molecule has 3 rings (SSSR count). The first-order chi connectivity index (χ1) is 13.5. The summed E-state index contributed by atoms with van der Waals surface area (Å²) in [6.45, 7) is 1.43. The average molecular weight is 397 g/mol. The van der Waals surface area contributed by atoms with E-state index in [1.54, 1.807) is 37.3 Å². The first-order valence-corrected chi connectivity index (χ1v) is 9.00. The van der Waals surface area contributed by atoms with E-state index in [0.29, 0.717) is 22.1 Å². The maximum atomic E-state index is 12.8. The van der Waals surface area contributed by atoms with Crippen LogP contribution in [0.5, 0.6) is 0 Å². The Balaban J connectivity index is 2.00. The number of aliphatic hydroxyl groups is 1. The molecule has 0 saturated heterocycles. The van der Waals surface area contributed by atoms with Gasteiger partial charge in [0.2, 0.25) is 0 Å². The van der Waals surface area contributed by atoms with Crippen molar-refractivity contribution in [2.24, 2.45) is 0 Å². The van der Waals surface area contributed by atoms with Crippen LogP contribution in [0.25, 0.3) is 17.4 Å². The predicted octanol–water partition coefficient (Wildman–Crippen LogP) is 3.57. The second-order valence-electron chi connectivity index (χ2n) is 6.22. The molecule has 2 aromatic rings. The summed E-state index contributed by atoms with van der Waals surface area (Å²) >= 11 is 6.01. The van der Waals surface area contributed by atoms with E-state index in [-0.39, 0.29) is 30.7 Å². The van der Waals surface area contributed by atoms with Gasteiger partial charge in [-0.3, -0.25) is 14.5 Å². The maximum absolute atomic E-state index is 12.8. The Hall–Kier alpha value is -3.14. The third-order valence-corrected chi connectivity index (χ3v) is 4.62. The molecule has 0 unspecified atom stereocenters. The molecule has 7 heteroatoms. The summed E-state index contributed by atoms with van der Waals surface area (Å²) < 4.78 is 5.80. The molecule has 1 aromatic carbocycles. The van der Waals surface area contributed by atoms with Crippen molar-refractivity contribution in [1.29, 1.82) is 5.26 Å². The van der Waals surface area contributed by atoms with Gasteiger partial charge in [-0.05, 0) is 49.3 Å². The number of imide groups is 1. The third kappa shape index (κ3) is 3.77. The average Bonchev–Trinajstić information content (AvgIpc) is 3.14. The summed E-state index contributed by atoms with van der Waals surface area (Å²) in [5, 5.41) is 18.9. The molecule has 1 aliphatic heterocycles. The minimum Gasteiger partial charge on any atom is -0.457 e. The zero-order valence-electron chi connectivity index (χ0n) is 15.1. The van der Waals surface area contributed by atoms with Crippen molar-refractivity contribution in [3.05, 3.63) is 63.9 Å². The number of aliphatic hydroxyl groups excluding tert-OH is 1. The van der Waals surface area contributed by atoms with Crippen LogP contribution in [0.3, 0.4) is 0 Å². The Morgan fingerprint density at radius 3 is 2.71 bits per heavy atom. The smallest absolute Gasteiger partial charge is 0.271 e. The number of carbonyl (C=O) groups is 2. The van der Waals surface area contributed by atoms with Gasteiger partial charge in [-0.1, -0.05) is 23.7 Å². The molecule has 0 spiro atoms.